The maximum Gasteiger partial charge on any atom is 0.143 e. The third kappa shape index (κ3) is 3.06. The largest absolute Gasteiger partial charge is 0.381 e. The van der Waals surface area contributed by atoms with Gasteiger partial charge in [-0.3, -0.25) is 0 Å². The molecule has 1 aromatic carbocycles. The highest BCUT2D eigenvalue weighted by Gasteiger charge is 2.07. The van der Waals surface area contributed by atoms with E-state index in [0.29, 0.717) is 6.04 Å². The molecule has 1 N–H and O–H groups in total. The van der Waals surface area contributed by atoms with Crippen molar-refractivity contribution in [1.29, 1.82) is 0 Å². The second-order valence-electron chi connectivity index (χ2n) is 4.46. The molecule has 0 spiro atoms. The maximum atomic E-state index is 3.93. The Bertz CT molecular complexity index is 466. The monoisotopic (exact) mass is 245 g/mol. The number of anilines is 1. The third-order valence-electron chi connectivity index (χ3n) is 2.89. The molecule has 1 heterocycles. The van der Waals surface area contributed by atoms with Crippen molar-refractivity contribution >= 4 is 5.69 Å². The summed E-state index contributed by atoms with van der Waals surface area (Å²) in [7, 11) is 0. The van der Waals surface area contributed by atoms with E-state index in [1.54, 1.807) is 11.0 Å². The molecule has 0 fully saturated rings. The first kappa shape index (κ1) is 12.5. The summed E-state index contributed by atoms with van der Waals surface area (Å²) in [4.78, 5) is 0. The predicted octanol–water partition coefficient (Wildman–Crippen LogP) is 2.65. The van der Waals surface area contributed by atoms with E-state index >= 15 is 0 Å². The van der Waals surface area contributed by atoms with Crippen LogP contribution in [0, 0.1) is 0 Å². The van der Waals surface area contributed by atoms with Crippen molar-refractivity contribution in [2.75, 3.05) is 5.32 Å². The molecule has 2 rings (SSSR count). The van der Waals surface area contributed by atoms with Gasteiger partial charge in [0.1, 0.15) is 6.33 Å². The molecule has 0 radical (unpaired) electrons. The molecular formula is C13H19N5. The Morgan fingerprint density at radius 1 is 1.33 bits per heavy atom. The Kier molecular flexibility index (Phi) is 4.28. The van der Waals surface area contributed by atoms with Gasteiger partial charge >= 0.3 is 0 Å². The number of para-hydroxylation sites is 2. The van der Waals surface area contributed by atoms with Crippen molar-refractivity contribution in [3.8, 4) is 5.69 Å². The first-order valence-corrected chi connectivity index (χ1v) is 6.40. The van der Waals surface area contributed by atoms with Gasteiger partial charge in [-0.25, -0.2) is 0 Å². The van der Waals surface area contributed by atoms with Crippen LogP contribution >= 0.6 is 0 Å². The third-order valence-corrected chi connectivity index (χ3v) is 2.89. The summed E-state index contributed by atoms with van der Waals surface area (Å²) >= 11 is 0. The van der Waals surface area contributed by atoms with E-state index in [0.717, 1.165) is 11.4 Å². The van der Waals surface area contributed by atoms with Gasteiger partial charge in [0, 0.05) is 6.04 Å². The van der Waals surface area contributed by atoms with E-state index in [1.807, 2.05) is 18.2 Å². The van der Waals surface area contributed by atoms with Crippen LogP contribution in [0.1, 0.15) is 33.1 Å². The number of nitrogens with zero attached hydrogens (tertiary/aromatic N) is 4. The summed E-state index contributed by atoms with van der Waals surface area (Å²) in [5.74, 6) is 0. The molecule has 0 saturated carbocycles. The Labute approximate surface area is 107 Å². The van der Waals surface area contributed by atoms with E-state index in [9.17, 15) is 0 Å². The van der Waals surface area contributed by atoms with Crippen molar-refractivity contribution in [3.63, 3.8) is 0 Å². The van der Waals surface area contributed by atoms with E-state index in [1.165, 1.54) is 19.3 Å². The fourth-order valence-electron chi connectivity index (χ4n) is 1.92. The van der Waals surface area contributed by atoms with Gasteiger partial charge in [-0.1, -0.05) is 31.9 Å². The van der Waals surface area contributed by atoms with Crippen LogP contribution in [0.5, 0.6) is 0 Å². The van der Waals surface area contributed by atoms with E-state index in [4.69, 9.17) is 0 Å². The van der Waals surface area contributed by atoms with Gasteiger partial charge in [-0.05, 0) is 35.9 Å². The lowest BCUT2D eigenvalue weighted by molar-refractivity contribution is 0.644. The van der Waals surface area contributed by atoms with Gasteiger partial charge in [0.2, 0.25) is 0 Å². The van der Waals surface area contributed by atoms with Gasteiger partial charge in [0.15, 0.2) is 0 Å². The second kappa shape index (κ2) is 6.14. The molecule has 18 heavy (non-hydrogen) atoms. The van der Waals surface area contributed by atoms with Crippen LogP contribution in [-0.4, -0.2) is 26.2 Å². The molecule has 1 atom stereocenters. The summed E-state index contributed by atoms with van der Waals surface area (Å²) in [5.41, 5.74) is 2.04. The zero-order valence-corrected chi connectivity index (χ0v) is 10.9. The van der Waals surface area contributed by atoms with Crippen molar-refractivity contribution in [2.24, 2.45) is 0 Å². The van der Waals surface area contributed by atoms with Crippen molar-refractivity contribution in [3.05, 3.63) is 30.6 Å². The Morgan fingerprint density at radius 3 is 2.89 bits per heavy atom. The number of hydrogen-bond acceptors (Lipinski definition) is 4. The average molecular weight is 245 g/mol. The van der Waals surface area contributed by atoms with Crippen LogP contribution in [0.2, 0.25) is 0 Å². The summed E-state index contributed by atoms with van der Waals surface area (Å²) < 4.78 is 1.68. The Hall–Kier alpha value is -1.91. The van der Waals surface area contributed by atoms with Crippen LogP contribution in [0.4, 0.5) is 5.69 Å². The molecule has 0 aliphatic carbocycles. The van der Waals surface area contributed by atoms with Crippen LogP contribution < -0.4 is 5.32 Å². The SMILES string of the molecule is CCCCC(C)Nc1ccccc1-n1cnnn1. The Morgan fingerprint density at radius 2 is 2.17 bits per heavy atom. The van der Waals surface area contributed by atoms with Gasteiger partial charge < -0.3 is 5.32 Å². The fourth-order valence-corrected chi connectivity index (χ4v) is 1.92. The molecule has 5 nitrogen and oxygen atoms in total. The first-order chi connectivity index (χ1) is 8.81. The summed E-state index contributed by atoms with van der Waals surface area (Å²) in [6.45, 7) is 4.41. The number of hydrogen-bond donors (Lipinski definition) is 1. The van der Waals surface area contributed by atoms with Crippen LogP contribution in [0.3, 0.4) is 0 Å². The minimum absolute atomic E-state index is 0.447. The van der Waals surface area contributed by atoms with Crippen LogP contribution in [0.15, 0.2) is 30.6 Å². The lowest BCUT2D eigenvalue weighted by atomic mass is 10.1. The van der Waals surface area contributed by atoms with Gasteiger partial charge in [-0.2, -0.15) is 4.68 Å². The molecule has 5 heteroatoms. The zero-order chi connectivity index (χ0) is 12.8. The molecule has 96 valence electrons. The lowest BCUT2D eigenvalue weighted by Gasteiger charge is -2.17. The van der Waals surface area contributed by atoms with Crippen molar-refractivity contribution in [1.82, 2.24) is 20.2 Å². The smallest absolute Gasteiger partial charge is 0.143 e. The molecule has 2 aromatic rings. The molecule has 0 saturated heterocycles. The van der Waals surface area contributed by atoms with Crippen LogP contribution in [0.25, 0.3) is 5.69 Å². The van der Waals surface area contributed by atoms with Crippen molar-refractivity contribution in [2.45, 2.75) is 39.2 Å². The van der Waals surface area contributed by atoms with Gasteiger partial charge in [-0.15, -0.1) is 5.10 Å². The molecule has 0 aliphatic heterocycles. The molecular weight excluding hydrogens is 226 g/mol. The summed E-state index contributed by atoms with van der Waals surface area (Å²) in [6.07, 6.45) is 5.24. The first-order valence-electron chi connectivity index (χ1n) is 6.40. The minimum Gasteiger partial charge on any atom is -0.381 e. The zero-order valence-electron chi connectivity index (χ0n) is 10.9. The van der Waals surface area contributed by atoms with Gasteiger partial charge in [0.05, 0.1) is 11.4 Å². The number of benzene rings is 1. The summed E-state index contributed by atoms with van der Waals surface area (Å²) in [5, 5.41) is 14.8. The number of unbranched alkanes of at least 4 members (excludes halogenated alkanes) is 1. The standard InChI is InChI=1S/C13H19N5/c1-3-4-7-11(2)15-12-8-5-6-9-13(12)18-10-14-16-17-18/h5-6,8-11,15H,3-4,7H2,1-2H3. The summed E-state index contributed by atoms with van der Waals surface area (Å²) in [6, 6.07) is 8.51. The van der Waals surface area contributed by atoms with E-state index in [2.05, 4.69) is 40.8 Å². The van der Waals surface area contributed by atoms with Gasteiger partial charge in [0.25, 0.3) is 0 Å². The highest BCUT2D eigenvalue weighted by molar-refractivity contribution is 5.60. The van der Waals surface area contributed by atoms with Crippen molar-refractivity contribution < 1.29 is 0 Å². The fraction of sp³-hybridized carbons (Fsp3) is 0.462. The Balaban J connectivity index is 2.13. The molecule has 0 amide bonds. The molecule has 0 aliphatic rings. The molecule has 0 bridgehead atoms. The van der Waals surface area contributed by atoms with E-state index in [-0.39, 0.29) is 0 Å². The average Bonchev–Trinajstić information content (AvgIpc) is 2.91. The normalized spacial score (nSPS) is 12.3. The second-order valence-corrected chi connectivity index (χ2v) is 4.46. The van der Waals surface area contributed by atoms with E-state index < -0.39 is 0 Å². The number of rotatable bonds is 6. The quantitative estimate of drug-likeness (QED) is 0.850. The lowest BCUT2D eigenvalue weighted by Crippen LogP contribution is -2.16. The number of nitrogens with one attached hydrogen (secondary N) is 1. The van der Waals surface area contributed by atoms with Crippen LogP contribution in [-0.2, 0) is 0 Å². The topological polar surface area (TPSA) is 55.6 Å². The maximum absolute atomic E-state index is 3.93. The minimum atomic E-state index is 0.447. The number of tetrazole rings is 1. The highest BCUT2D eigenvalue weighted by Crippen LogP contribution is 2.20. The molecule has 1 aromatic heterocycles. The molecule has 1 unspecified atom stereocenters. The predicted molar refractivity (Wildman–Crippen MR) is 71.8 cm³/mol. The highest BCUT2D eigenvalue weighted by atomic mass is 15.5. The number of aromatic nitrogens is 4.